The number of carbonyl (C=O) groups excluding carboxylic acids is 1. The van der Waals surface area contributed by atoms with Gasteiger partial charge in [-0.1, -0.05) is 55.6 Å². The molecule has 158 valence electrons. The van der Waals surface area contributed by atoms with Crippen LogP contribution < -0.4 is 0 Å². The second-order valence-electron chi connectivity index (χ2n) is 8.80. The maximum atomic E-state index is 12.5. The van der Waals surface area contributed by atoms with Crippen molar-refractivity contribution in [2.24, 2.45) is 0 Å². The summed E-state index contributed by atoms with van der Waals surface area (Å²) in [5.41, 5.74) is 1.74. The van der Waals surface area contributed by atoms with E-state index in [-0.39, 0.29) is 12.1 Å². The van der Waals surface area contributed by atoms with Gasteiger partial charge in [-0.05, 0) is 52.0 Å². The number of ether oxygens (including phenoxy) is 1. The van der Waals surface area contributed by atoms with Crippen molar-refractivity contribution in [2.45, 2.75) is 84.3 Å². The van der Waals surface area contributed by atoms with Gasteiger partial charge in [0.1, 0.15) is 11.6 Å². The lowest BCUT2D eigenvalue weighted by molar-refractivity contribution is 0.0199. The summed E-state index contributed by atoms with van der Waals surface area (Å²) in [6.45, 7) is 8.48. The fraction of sp³-hybridized carbons (Fsp3) is 0.609. The molecular formula is C23H33N3O3. The van der Waals surface area contributed by atoms with Gasteiger partial charge in [0.2, 0.25) is 11.7 Å². The zero-order chi connectivity index (χ0) is 20.9. The number of rotatable bonds is 7. The molecule has 2 aromatic rings. The minimum atomic E-state index is -0.525. The van der Waals surface area contributed by atoms with Crippen LogP contribution in [0.15, 0.2) is 28.8 Å². The summed E-state index contributed by atoms with van der Waals surface area (Å²) in [6.07, 6.45) is 7.53. The largest absolute Gasteiger partial charge is 0.444 e. The molecule has 6 nitrogen and oxygen atoms in total. The summed E-state index contributed by atoms with van der Waals surface area (Å²) in [7, 11) is 0. The van der Waals surface area contributed by atoms with Crippen molar-refractivity contribution >= 4 is 6.09 Å². The number of nitrogens with zero attached hydrogens (tertiary/aromatic N) is 3. The van der Waals surface area contributed by atoms with Gasteiger partial charge < -0.3 is 9.26 Å². The highest BCUT2D eigenvalue weighted by atomic mass is 16.6. The quantitative estimate of drug-likeness (QED) is 0.540. The summed E-state index contributed by atoms with van der Waals surface area (Å²) in [6, 6.07) is 8.15. The number of unbranched alkanes of at least 4 members (excludes halogenated alkanes) is 3. The molecule has 0 saturated carbocycles. The van der Waals surface area contributed by atoms with Crippen LogP contribution in [0.1, 0.15) is 83.7 Å². The van der Waals surface area contributed by atoms with E-state index in [1.807, 2.05) is 32.9 Å². The maximum absolute atomic E-state index is 12.5. The molecule has 1 fully saturated rings. The first kappa shape index (κ1) is 21.3. The van der Waals surface area contributed by atoms with Crippen molar-refractivity contribution in [1.82, 2.24) is 15.0 Å². The Kier molecular flexibility index (Phi) is 6.93. The molecule has 1 amide bonds. The molecule has 1 aromatic carbocycles. The number of benzene rings is 1. The van der Waals surface area contributed by atoms with Crippen LogP contribution in [0.5, 0.6) is 0 Å². The van der Waals surface area contributed by atoms with Gasteiger partial charge in [0.15, 0.2) is 0 Å². The first-order chi connectivity index (χ1) is 13.9. The first-order valence-corrected chi connectivity index (χ1v) is 10.8. The number of aromatic nitrogens is 2. The Labute approximate surface area is 173 Å². The fourth-order valence-corrected chi connectivity index (χ4v) is 3.63. The molecule has 0 spiro atoms. The van der Waals surface area contributed by atoms with Crippen molar-refractivity contribution in [2.75, 3.05) is 6.54 Å². The molecule has 3 rings (SSSR count). The van der Waals surface area contributed by atoms with Gasteiger partial charge in [-0.2, -0.15) is 4.98 Å². The van der Waals surface area contributed by atoms with Gasteiger partial charge in [0.05, 0.1) is 0 Å². The van der Waals surface area contributed by atoms with Crippen LogP contribution in [-0.2, 0) is 11.2 Å². The second kappa shape index (κ2) is 9.42. The third-order valence-electron chi connectivity index (χ3n) is 5.14. The Bertz CT molecular complexity index is 792. The number of likely N-dealkylation sites (tertiary alicyclic amines) is 1. The van der Waals surface area contributed by atoms with Crippen molar-refractivity contribution in [1.29, 1.82) is 0 Å². The molecule has 1 aliphatic rings. The average Bonchev–Trinajstić information content (AvgIpc) is 3.33. The van der Waals surface area contributed by atoms with Gasteiger partial charge in [0, 0.05) is 12.1 Å². The van der Waals surface area contributed by atoms with Gasteiger partial charge in [-0.15, -0.1) is 0 Å². The van der Waals surface area contributed by atoms with Gasteiger partial charge in [-0.3, -0.25) is 4.90 Å². The molecule has 0 aliphatic carbocycles. The normalized spacial score (nSPS) is 17.0. The number of hydrogen-bond acceptors (Lipinski definition) is 5. The Morgan fingerprint density at radius 3 is 2.66 bits per heavy atom. The molecular weight excluding hydrogens is 366 g/mol. The summed E-state index contributed by atoms with van der Waals surface area (Å²) in [4.78, 5) is 18.8. The van der Waals surface area contributed by atoms with E-state index in [1.54, 1.807) is 4.90 Å². The highest BCUT2D eigenvalue weighted by Crippen LogP contribution is 2.33. The summed E-state index contributed by atoms with van der Waals surface area (Å²) in [5, 5.41) is 4.15. The van der Waals surface area contributed by atoms with Crippen LogP contribution in [0.2, 0.25) is 0 Å². The highest BCUT2D eigenvalue weighted by molar-refractivity contribution is 5.69. The molecule has 6 heteroatoms. The van der Waals surface area contributed by atoms with E-state index in [4.69, 9.17) is 9.26 Å². The predicted octanol–water partition coefficient (Wildman–Crippen LogP) is 5.93. The van der Waals surface area contributed by atoms with E-state index in [1.165, 1.54) is 31.2 Å². The lowest BCUT2D eigenvalue weighted by Crippen LogP contribution is -2.36. The monoisotopic (exact) mass is 399 g/mol. The Morgan fingerprint density at radius 2 is 1.97 bits per heavy atom. The van der Waals surface area contributed by atoms with Crippen LogP contribution >= 0.6 is 0 Å². The molecule has 1 atom stereocenters. The van der Waals surface area contributed by atoms with E-state index >= 15 is 0 Å². The van der Waals surface area contributed by atoms with Crippen LogP contribution in [0, 0.1) is 0 Å². The zero-order valence-corrected chi connectivity index (χ0v) is 18.1. The average molecular weight is 400 g/mol. The second-order valence-corrected chi connectivity index (χ2v) is 8.80. The molecule has 0 N–H and O–H groups in total. The third-order valence-corrected chi connectivity index (χ3v) is 5.14. The Morgan fingerprint density at radius 1 is 1.21 bits per heavy atom. The van der Waals surface area contributed by atoms with Crippen molar-refractivity contribution in [3.63, 3.8) is 0 Å². The topological polar surface area (TPSA) is 68.5 Å². The van der Waals surface area contributed by atoms with E-state index in [0.717, 1.165) is 24.8 Å². The molecule has 1 aliphatic heterocycles. The molecule has 29 heavy (non-hydrogen) atoms. The lowest BCUT2D eigenvalue weighted by Gasteiger charge is -2.26. The Hall–Kier alpha value is -2.37. The zero-order valence-electron chi connectivity index (χ0n) is 18.1. The van der Waals surface area contributed by atoms with Crippen molar-refractivity contribution in [3.05, 3.63) is 35.7 Å². The number of hydrogen-bond donors (Lipinski definition) is 0. The summed E-state index contributed by atoms with van der Waals surface area (Å²) < 4.78 is 11.0. The van der Waals surface area contributed by atoms with E-state index in [2.05, 4.69) is 29.2 Å². The highest BCUT2D eigenvalue weighted by Gasteiger charge is 2.36. The summed E-state index contributed by atoms with van der Waals surface area (Å²) >= 11 is 0. The third kappa shape index (κ3) is 5.81. The van der Waals surface area contributed by atoms with E-state index in [9.17, 15) is 4.79 Å². The Balaban J connectivity index is 1.64. The van der Waals surface area contributed by atoms with Gasteiger partial charge in [0.25, 0.3) is 0 Å². The molecule has 1 saturated heterocycles. The molecule has 1 aromatic heterocycles. The first-order valence-electron chi connectivity index (χ1n) is 10.8. The fourth-order valence-electron chi connectivity index (χ4n) is 3.63. The minimum absolute atomic E-state index is 0.219. The minimum Gasteiger partial charge on any atom is -0.444 e. The van der Waals surface area contributed by atoms with Gasteiger partial charge in [-0.25, -0.2) is 4.79 Å². The standard InChI is InChI=1S/C23H33N3O3/c1-5-6-7-8-10-17-12-14-18(15-13-17)20-24-21(29-25-20)19-11-9-16-26(19)22(27)28-23(2,3)4/h12-15,19H,5-11,16H2,1-4H3/t19-/m0/s1. The van der Waals surface area contributed by atoms with E-state index < -0.39 is 5.60 Å². The molecule has 2 heterocycles. The molecule has 0 unspecified atom stereocenters. The van der Waals surface area contributed by atoms with Crippen molar-refractivity contribution < 1.29 is 14.1 Å². The smallest absolute Gasteiger partial charge is 0.410 e. The van der Waals surface area contributed by atoms with Crippen LogP contribution in [0.3, 0.4) is 0 Å². The van der Waals surface area contributed by atoms with Gasteiger partial charge >= 0.3 is 6.09 Å². The predicted molar refractivity (Wildman–Crippen MR) is 112 cm³/mol. The SMILES string of the molecule is CCCCCCc1ccc(-c2noc([C@@H]3CCCN3C(=O)OC(C)(C)C)n2)cc1. The van der Waals surface area contributed by atoms with Crippen LogP contribution in [0.4, 0.5) is 4.79 Å². The number of amides is 1. The molecule has 0 radical (unpaired) electrons. The summed E-state index contributed by atoms with van der Waals surface area (Å²) in [5.74, 6) is 1.04. The van der Waals surface area contributed by atoms with Crippen LogP contribution in [0.25, 0.3) is 11.4 Å². The van der Waals surface area contributed by atoms with Crippen molar-refractivity contribution in [3.8, 4) is 11.4 Å². The number of carbonyl (C=O) groups is 1. The van der Waals surface area contributed by atoms with E-state index in [0.29, 0.717) is 18.3 Å². The van der Waals surface area contributed by atoms with Crippen LogP contribution in [-0.4, -0.2) is 33.3 Å². The number of aryl methyl sites for hydroxylation is 1. The molecule has 0 bridgehead atoms. The lowest BCUT2D eigenvalue weighted by atomic mass is 10.0. The maximum Gasteiger partial charge on any atom is 0.410 e.